The van der Waals surface area contributed by atoms with Crippen molar-refractivity contribution in [3.05, 3.63) is 23.8 Å². The summed E-state index contributed by atoms with van der Waals surface area (Å²) in [6.07, 6.45) is -2.54. The largest absolute Gasteiger partial charge is 0.513 e. The highest BCUT2D eigenvalue weighted by atomic mass is 16.7. The van der Waals surface area contributed by atoms with Gasteiger partial charge in [0.1, 0.15) is 18.2 Å². The van der Waals surface area contributed by atoms with Crippen molar-refractivity contribution in [1.29, 1.82) is 0 Å². The van der Waals surface area contributed by atoms with Crippen molar-refractivity contribution in [2.24, 2.45) is 23.5 Å². The minimum atomic E-state index is -1.42. The lowest BCUT2D eigenvalue weighted by atomic mass is 9.87. The molecule has 0 saturated heterocycles. The smallest absolute Gasteiger partial charge is 0.480 e. The first-order valence-electron chi connectivity index (χ1n) is 14.4. The Morgan fingerprint density at radius 1 is 0.786 bits per heavy atom. The number of nitrogens with two attached hydrogens (primary N) is 1. The van der Waals surface area contributed by atoms with Gasteiger partial charge in [-0.25, -0.2) is 14.4 Å². The zero-order valence-corrected chi connectivity index (χ0v) is 25.9. The van der Waals surface area contributed by atoms with Gasteiger partial charge in [-0.15, -0.1) is 0 Å². The van der Waals surface area contributed by atoms with Crippen LogP contribution in [0.15, 0.2) is 18.2 Å². The number of benzene rings is 1. The number of aliphatic carboxylic acids is 1. The van der Waals surface area contributed by atoms with Crippen LogP contribution in [0.1, 0.15) is 86.1 Å². The van der Waals surface area contributed by atoms with E-state index in [1.165, 1.54) is 18.2 Å². The van der Waals surface area contributed by atoms with Gasteiger partial charge in [0, 0.05) is 5.92 Å². The van der Waals surface area contributed by atoms with E-state index in [2.05, 4.69) is 0 Å². The van der Waals surface area contributed by atoms with Gasteiger partial charge in [0.05, 0.1) is 13.2 Å². The number of rotatable bonds is 16. The van der Waals surface area contributed by atoms with Gasteiger partial charge in [0.15, 0.2) is 11.5 Å². The third-order valence-electron chi connectivity index (χ3n) is 6.97. The summed E-state index contributed by atoms with van der Waals surface area (Å²) in [6, 6.07) is 2.73. The molecule has 0 saturated carbocycles. The van der Waals surface area contributed by atoms with Crippen LogP contribution in [0.5, 0.6) is 11.5 Å². The number of hydrogen-bond donors (Lipinski definition) is 2. The summed E-state index contributed by atoms with van der Waals surface area (Å²) in [7, 11) is 0. The molecule has 0 bridgehead atoms. The topological polar surface area (TPSA) is 170 Å². The maximum atomic E-state index is 12.5. The van der Waals surface area contributed by atoms with Gasteiger partial charge in [-0.2, -0.15) is 0 Å². The molecule has 1 aromatic rings. The Morgan fingerprint density at radius 2 is 1.31 bits per heavy atom. The second-order valence-corrected chi connectivity index (χ2v) is 11.0. The van der Waals surface area contributed by atoms with E-state index in [9.17, 15) is 24.3 Å². The molecule has 12 heteroatoms. The van der Waals surface area contributed by atoms with E-state index in [1.807, 2.05) is 41.5 Å². The minimum absolute atomic E-state index is 0.00627. The van der Waals surface area contributed by atoms with Gasteiger partial charge in [0.25, 0.3) is 0 Å². The molecule has 0 aliphatic carbocycles. The summed E-state index contributed by atoms with van der Waals surface area (Å²) in [5.41, 5.74) is 6.36. The van der Waals surface area contributed by atoms with E-state index in [0.29, 0.717) is 5.56 Å². The molecule has 12 nitrogen and oxygen atoms in total. The van der Waals surface area contributed by atoms with Crippen molar-refractivity contribution in [3.63, 3.8) is 0 Å². The average molecular weight is 598 g/mol. The minimum Gasteiger partial charge on any atom is -0.480 e. The second kappa shape index (κ2) is 18.1. The van der Waals surface area contributed by atoms with Gasteiger partial charge in [-0.1, -0.05) is 60.5 Å². The van der Waals surface area contributed by atoms with Crippen LogP contribution < -0.4 is 15.2 Å². The fraction of sp³-hybridized carbons (Fsp3) is 0.667. The van der Waals surface area contributed by atoms with E-state index in [0.717, 1.165) is 12.8 Å². The predicted octanol–water partition coefficient (Wildman–Crippen LogP) is 6.28. The lowest BCUT2D eigenvalue weighted by molar-refractivity contribution is -0.139. The summed E-state index contributed by atoms with van der Waals surface area (Å²) >= 11 is 0. The van der Waals surface area contributed by atoms with Crippen LogP contribution in [0, 0.1) is 17.8 Å². The van der Waals surface area contributed by atoms with Gasteiger partial charge >= 0.3 is 24.4 Å². The quantitative estimate of drug-likeness (QED) is 0.124. The lowest BCUT2D eigenvalue weighted by Crippen LogP contribution is -2.38. The van der Waals surface area contributed by atoms with E-state index in [-0.39, 0.29) is 55.0 Å². The molecule has 1 rings (SSSR count). The second-order valence-electron chi connectivity index (χ2n) is 11.0. The molecular weight excluding hydrogens is 550 g/mol. The summed E-state index contributed by atoms with van der Waals surface area (Å²) < 4.78 is 31.6. The number of carboxylic acid groups (broad SMARTS) is 1. The molecule has 0 amide bonds. The SMILES string of the molecule is CCC(C)COC(=O)Oc1ccc(C(CC(C)OC(=O)OC(C)C(C)C)[C@H](N)C(=O)O)cc1OC(=O)OCC(C)CC. The fourth-order valence-electron chi connectivity index (χ4n) is 3.36. The number of carboxylic acids is 1. The molecule has 0 aliphatic heterocycles. The standard InChI is InChI=1S/C30H47NO11/c1-9-18(5)15-37-28(34)41-24-12-11-22(14-25(24)42-29(35)38-16-19(6)10-2)23(26(31)27(32)33)13-20(7)39-30(36)40-21(8)17(3)4/h11-12,14,17-21,23,26H,9-10,13,15-16,31H2,1-8H3,(H,32,33)/t18?,19?,20?,21?,23?,26-/m0/s1. The Labute approximate surface area is 248 Å². The van der Waals surface area contributed by atoms with Crippen LogP contribution in [0.3, 0.4) is 0 Å². The summed E-state index contributed by atoms with van der Waals surface area (Å²) in [5.74, 6) is -2.28. The average Bonchev–Trinajstić information content (AvgIpc) is 2.93. The third kappa shape index (κ3) is 13.0. The van der Waals surface area contributed by atoms with E-state index in [1.54, 1.807) is 13.8 Å². The fourth-order valence-corrected chi connectivity index (χ4v) is 3.36. The van der Waals surface area contributed by atoms with E-state index < -0.39 is 42.5 Å². The monoisotopic (exact) mass is 597 g/mol. The Bertz CT molecular complexity index is 1030. The highest BCUT2D eigenvalue weighted by Crippen LogP contribution is 2.35. The molecule has 42 heavy (non-hydrogen) atoms. The van der Waals surface area contributed by atoms with Gasteiger partial charge in [-0.05, 0) is 55.7 Å². The lowest BCUT2D eigenvalue weighted by Gasteiger charge is -2.26. The number of ether oxygens (including phenoxy) is 6. The molecule has 0 radical (unpaired) electrons. The molecule has 5 unspecified atom stereocenters. The Hall–Kier alpha value is -3.54. The summed E-state index contributed by atoms with van der Waals surface area (Å²) in [6.45, 7) is 15.0. The molecule has 0 fully saturated rings. The third-order valence-corrected chi connectivity index (χ3v) is 6.97. The summed E-state index contributed by atoms with van der Waals surface area (Å²) in [5, 5.41) is 9.70. The Morgan fingerprint density at radius 3 is 1.79 bits per heavy atom. The Balaban J connectivity index is 3.28. The first-order chi connectivity index (χ1) is 19.7. The van der Waals surface area contributed by atoms with Crippen LogP contribution >= 0.6 is 0 Å². The van der Waals surface area contributed by atoms with E-state index in [4.69, 9.17) is 34.2 Å². The normalized spacial score (nSPS) is 15.4. The van der Waals surface area contributed by atoms with Crippen LogP contribution in [0.25, 0.3) is 0 Å². The molecule has 0 spiro atoms. The zero-order valence-electron chi connectivity index (χ0n) is 25.9. The predicted molar refractivity (Wildman–Crippen MR) is 154 cm³/mol. The number of carbonyl (C=O) groups is 4. The highest BCUT2D eigenvalue weighted by molar-refractivity contribution is 5.75. The molecule has 0 heterocycles. The van der Waals surface area contributed by atoms with Crippen LogP contribution in [-0.2, 0) is 23.7 Å². The molecule has 0 aliphatic rings. The maximum Gasteiger partial charge on any atom is 0.513 e. The maximum absolute atomic E-state index is 12.5. The van der Waals surface area contributed by atoms with Crippen LogP contribution in [0.2, 0.25) is 0 Å². The number of carbonyl (C=O) groups excluding carboxylic acids is 3. The summed E-state index contributed by atoms with van der Waals surface area (Å²) in [4.78, 5) is 48.9. The molecule has 0 aromatic heterocycles. The van der Waals surface area contributed by atoms with Crippen molar-refractivity contribution in [3.8, 4) is 11.5 Å². The van der Waals surface area contributed by atoms with Gasteiger partial charge < -0.3 is 39.3 Å². The molecule has 6 atom stereocenters. The van der Waals surface area contributed by atoms with E-state index >= 15 is 0 Å². The number of hydrogen-bond acceptors (Lipinski definition) is 11. The van der Waals surface area contributed by atoms with Crippen molar-refractivity contribution in [2.45, 2.75) is 98.8 Å². The van der Waals surface area contributed by atoms with Crippen molar-refractivity contribution < 1.29 is 52.7 Å². The van der Waals surface area contributed by atoms with Crippen molar-refractivity contribution in [2.75, 3.05) is 13.2 Å². The van der Waals surface area contributed by atoms with Gasteiger partial charge in [0.2, 0.25) is 0 Å². The van der Waals surface area contributed by atoms with Crippen molar-refractivity contribution >= 4 is 24.4 Å². The molecule has 238 valence electrons. The Kier molecular flexibility index (Phi) is 15.7. The van der Waals surface area contributed by atoms with Crippen LogP contribution in [0.4, 0.5) is 14.4 Å². The first kappa shape index (κ1) is 36.5. The zero-order chi connectivity index (χ0) is 32.0. The molecule has 3 N–H and O–H groups in total. The van der Waals surface area contributed by atoms with Crippen molar-refractivity contribution in [1.82, 2.24) is 0 Å². The first-order valence-corrected chi connectivity index (χ1v) is 14.4. The van der Waals surface area contributed by atoms with Gasteiger partial charge in [-0.3, -0.25) is 4.79 Å². The highest BCUT2D eigenvalue weighted by Gasteiger charge is 2.31. The molecular formula is C30H47NO11. The van der Waals surface area contributed by atoms with Crippen LogP contribution in [-0.4, -0.2) is 61.0 Å². The molecule has 1 aromatic carbocycles.